The van der Waals surface area contributed by atoms with E-state index >= 15 is 0 Å². The molecule has 5 nitrogen and oxygen atoms in total. The van der Waals surface area contributed by atoms with E-state index in [4.69, 9.17) is 33.3 Å². The molecule has 0 amide bonds. The summed E-state index contributed by atoms with van der Waals surface area (Å²) in [6, 6.07) is 13.5. The Morgan fingerprint density at radius 3 is 2.38 bits per heavy atom. The number of fused-ring (bicyclic) bond motifs is 3. The highest BCUT2D eigenvalue weighted by atomic mass is 31.1. The Balaban J connectivity index is 1.74. The van der Waals surface area contributed by atoms with Gasteiger partial charge in [0.15, 0.2) is 6.29 Å². The van der Waals surface area contributed by atoms with Gasteiger partial charge in [0.1, 0.15) is 11.6 Å². The molecule has 0 spiro atoms. The highest BCUT2D eigenvalue weighted by Gasteiger charge is 2.41. The SMILES string of the molecule is [B]C([B])([B])N(C)C1CC(c2c(C=O)cccc2OC(F)F)n2c1nc1ccc(-c3ccc(P(C)C)c(C(F)F)c3)cc12. The summed E-state index contributed by atoms with van der Waals surface area (Å²) in [6.45, 7) is 0.723. The summed E-state index contributed by atoms with van der Waals surface area (Å²) in [7, 11) is 18.9. The zero-order valence-corrected chi connectivity index (χ0v) is 24.0. The molecule has 0 fully saturated rings. The van der Waals surface area contributed by atoms with E-state index in [-0.39, 0.29) is 28.9 Å². The van der Waals surface area contributed by atoms with Crippen molar-refractivity contribution in [3.63, 3.8) is 0 Å². The molecule has 2 unspecified atom stereocenters. The van der Waals surface area contributed by atoms with Crippen molar-refractivity contribution < 1.29 is 27.1 Å². The number of rotatable bonds is 9. The first-order valence-corrected chi connectivity index (χ1v) is 15.3. The second kappa shape index (κ2) is 11.5. The summed E-state index contributed by atoms with van der Waals surface area (Å²) in [4.78, 5) is 18.4. The lowest BCUT2D eigenvalue weighted by atomic mass is 9.48. The summed E-state index contributed by atoms with van der Waals surface area (Å²) in [5.74, 6) is 0.342. The number of hydrogen-bond acceptors (Lipinski definition) is 4. The minimum Gasteiger partial charge on any atom is -0.434 e. The predicted molar refractivity (Wildman–Crippen MR) is 160 cm³/mol. The van der Waals surface area contributed by atoms with E-state index < -0.39 is 38.3 Å². The van der Waals surface area contributed by atoms with E-state index in [1.165, 1.54) is 29.2 Å². The first kappa shape index (κ1) is 30.4. The average Bonchev–Trinajstić information content (AvgIpc) is 3.48. The number of carbonyl (C=O) groups is 1. The maximum absolute atomic E-state index is 14.0. The molecule has 1 aromatic heterocycles. The largest absolute Gasteiger partial charge is 0.434 e. The fourth-order valence-electron chi connectivity index (χ4n) is 5.66. The maximum atomic E-state index is 14.0. The fourth-order valence-corrected chi connectivity index (χ4v) is 6.71. The van der Waals surface area contributed by atoms with E-state index in [0.717, 1.165) is 0 Å². The van der Waals surface area contributed by atoms with Crippen molar-refractivity contribution in [2.24, 2.45) is 0 Å². The van der Waals surface area contributed by atoms with Crippen molar-refractivity contribution in [1.29, 1.82) is 0 Å². The lowest BCUT2D eigenvalue weighted by Gasteiger charge is -2.38. The highest BCUT2D eigenvalue weighted by molar-refractivity contribution is 7.64. The zero-order valence-electron chi connectivity index (χ0n) is 23.1. The third kappa shape index (κ3) is 5.51. The molecule has 0 saturated heterocycles. The van der Waals surface area contributed by atoms with Gasteiger partial charge in [0.25, 0.3) is 6.43 Å². The topological polar surface area (TPSA) is 47.4 Å². The van der Waals surface area contributed by atoms with Gasteiger partial charge in [-0.3, -0.25) is 4.79 Å². The molecular weight excluding hydrogens is 562 g/mol. The zero-order chi connectivity index (χ0) is 30.5. The van der Waals surface area contributed by atoms with Crippen LogP contribution < -0.4 is 10.0 Å². The Hall–Kier alpha value is -3.10. The van der Waals surface area contributed by atoms with Gasteiger partial charge in [-0.05, 0) is 67.5 Å². The van der Waals surface area contributed by atoms with E-state index in [9.17, 15) is 22.4 Å². The van der Waals surface area contributed by atoms with Gasteiger partial charge in [-0.15, -0.1) is 0 Å². The van der Waals surface area contributed by atoms with Crippen LogP contribution in [0.3, 0.4) is 0 Å². The molecule has 0 N–H and O–H groups in total. The third-order valence-electron chi connectivity index (χ3n) is 7.71. The molecule has 0 bridgehead atoms. The van der Waals surface area contributed by atoms with Crippen LogP contribution in [0.15, 0.2) is 54.6 Å². The van der Waals surface area contributed by atoms with Gasteiger partial charge < -0.3 is 14.2 Å². The average molecular weight is 587 g/mol. The predicted octanol–water partition coefficient (Wildman–Crippen LogP) is 5.50. The van der Waals surface area contributed by atoms with E-state index in [2.05, 4.69) is 0 Å². The third-order valence-corrected chi connectivity index (χ3v) is 9.08. The molecule has 210 valence electrons. The molecule has 3 aromatic carbocycles. The smallest absolute Gasteiger partial charge is 0.387 e. The maximum Gasteiger partial charge on any atom is 0.387 e. The molecule has 1 aliphatic rings. The Morgan fingerprint density at radius 2 is 1.76 bits per heavy atom. The number of ether oxygens (including phenoxy) is 1. The van der Waals surface area contributed by atoms with Crippen molar-refractivity contribution >= 4 is 54.1 Å². The van der Waals surface area contributed by atoms with Crippen molar-refractivity contribution in [2.45, 2.75) is 36.8 Å². The number of carbonyl (C=O) groups excluding carboxylic acids is 1. The number of aldehydes is 1. The molecule has 42 heavy (non-hydrogen) atoms. The quantitative estimate of drug-likeness (QED) is 0.112. The van der Waals surface area contributed by atoms with Crippen LogP contribution in [-0.4, -0.2) is 76.5 Å². The summed E-state index contributed by atoms with van der Waals surface area (Å²) in [5.41, 5.74) is 2.80. The number of benzene rings is 3. The first-order chi connectivity index (χ1) is 19.8. The van der Waals surface area contributed by atoms with Crippen molar-refractivity contribution in [2.75, 3.05) is 20.4 Å². The van der Waals surface area contributed by atoms with Crippen LogP contribution in [0.2, 0.25) is 0 Å². The fraction of sp³-hybridized carbons (Fsp3) is 0.310. The Bertz CT molecular complexity index is 1640. The van der Waals surface area contributed by atoms with Crippen LogP contribution in [0.4, 0.5) is 17.6 Å². The second-order valence-corrected chi connectivity index (χ2v) is 12.8. The molecular formula is C29H25B3F4N3O2P. The molecule has 2 heterocycles. The normalized spacial score (nSPS) is 17.1. The van der Waals surface area contributed by atoms with Gasteiger partial charge in [-0.25, -0.2) is 13.8 Å². The van der Waals surface area contributed by atoms with Gasteiger partial charge in [0.2, 0.25) is 0 Å². The number of aromatic nitrogens is 2. The standard InChI is InChI=1S/C29H25B3F4N3O2P/c1-38(29(30,31)32)22-13-21(25-17(14-40)5-4-6-23(25)41-28(35)36)39-20-12-16(7-9-19(20)37-27(22)39)15-8-10-24(42(2)3)18(11-15)26(33)34/h4-12,14,21-22,26,28H,13H2,1-3H3. The van der Waals surface area contributed by atoms with Gasteiger partial charge in [0, 0.05) is 16.7 Å². The molecule has 13 heteroatoms. The summed E-state index contributed by atoms with van der Waals surface area (Å²) in [5, 5.41) is -1.11. The molecule has 1 aliphatic heterocycles. The van der Waals surface area contributed by atoms with Crippen LogP contribution in [0.25, 0.3) is 22.2 Å². The molecule has 0 saturated carbocycles. The number of hydrogen-bond donors (Lipinski definition) is 0. The first-order valence-electron chi connectivity index (χ1n) is 13.1. The van der Waals surface area contributed by atoms with Crippen molar-refractivity contribution in [1.82, 2.24) is 14.5 Å². The molecule has 2 atom stereocenters. The lowest BCUT2D eigenvalue weighted by molar-refractivity contribution is -0.0507. The monoisotopic (exact) mass is 587 g/mol. The Kier molecular flexibility index (Phi) is 8.34. The van der Waals surface area contributed by atoms with Gasteiger partial charge in [-0.2, -0.15) is 8.78 Å². The van der Waals surface area contributed by atoms with Crippen LogP contribution in [-0.2, 0) is 0 Å². The summed E-state index contributed by atoms with van der Waals surface area (Å²) >= 11 is 0. The number of nitrogens with zero attached hydrogens (tertiary/aromatic N) is 3. The molecule has 0 aliphatic carbocycles. The van der Waals surface area contributed by atoms with Crippen molar-refractivity contribution in [3.05, 3.63) is 77.1 Å². The van der Waals surface area contributed by atoms with Gasteiger partial charge in [0.05, 0.1) is 46.7 Å². The van der Waals surface area contributed by atoms with Gasteiger partial charge >= 0.3 is 6.61 Å². The van der Waals surface area contributed by atoms with Crippen LogP contribution in [0, 0.1) is 0 Å². The Labute approximate surface area is 246 Å². The Morgan fingerprint density at radius 1 is 1.07 bits per heavy atom. The van der Waals surface area contributed by atoms with Crippen LogP contribution >= 0.6 is 7.92 Å². The van der Waals surface area contributed by atoms with E-state index in [0.29, 0.717) is 39.6 Å². The van der Waals surface area contributed by atoms with Crippen LogP contribution in [0.5, 0.6) is 5.75 Å². The van der Waals surface area contributed by atoms with Gasteiger partial charge in [-0.1, -0.05) is 43.5 Å². The number of alkyl halides is 4. The summed E-state index contributed by atoms with van der Waals surface area (Å²) in [6.07, 6.45) is -1.82. The molecule has 5 rings (SSSR count). The lowest BCUT2D eigenvalue weighted by Crippen LogP contribution is -2.49. The summed E-state index contributed by atoms with van der Waals surface area (Å²) < 4.78 is 61.5. The number of imidazole rings is 1. The molecule has 6 radical (unpaired) electrons. The molecule has 4 aromatic rings. The number of halogens is 4. The van der Waals surface area contributed by atoms with E-state index in [1.807, 2.05) is 30.0 Å². The minimum atomic E-state index is -3.12. The highest BCUT2D eigenvalue weighted by Crippen LogP contribution is 2.48. The van der Waals surface area contributed by atoms with E-state index in [1.54, 1.807) is 25.2 Å². The van der Waals surface area contributed by atoms with Crippen LogP contribution in [0.1, 0.15) is 52.2 Å². The second-order valence-electron chi connectivity index (χ2n) is 10.5. The van der Waals surface area contributed by atoms with Crippen molar-refractivity contribution in [3.8, 4) is 16.9 Å². The minimum absolute atomic E-state index is 0.0133.